The van der Waals surface area contributed by atoms with Gasteiger partial charge in [-0.15, -0.1) is 0 Å². The van der Waals surface area contributed by atoms with E-state index in [2.05, 4.69) is 6.92 Å². The van der Waals surface area contributed by atoms with Crippen molar-refractivity contribution in [2.75, 3.05) is 13.2 Å². The highest BCUT2D eigenvalue weighted by molar-refractivity contribution is 5.83. The fourth-order valence-electron chi connectivity index (χ4n) is 3.38. The van der Waals surface area contributed by atoms with Crippen molar-refractivity contribution in [3.8, 4) is 0 Å². The Morgan fingerprint density at radius 2 is 2.00 bits per heavy atom. The third kappa shape index (κ3) is 3.33. The Kier molecular flexibility index (Phi) is 4.79. The van der Waals surface area contributed by atoms with Crippen LogP contribution in [-0.2, 0) is 14.3 Å². The maximum absolute atomic E-state index is 12.0. The fourth-order valence-corrected chi connectivity index (χ4v) is 3.38. The molecule has 0 amide bonds. The summed E-state index contributed by atoms with van der Waals surface area (Å²) < 4.78 is 11.4. The number of rotatable bonds is 6. The van der Waals surface area contributed by atoms with Gasteiger partial charge in [0.25, 0.3) is 0 Å². The van der Waals surface area contributed by atoms with Crippen LogP contribution in [0.15, 0.2) is 0 Å². The van der Waals surface area contributed by atoms with E-state index >= 15 is 0 Å². The van der Waals surface area contributed by atoms with Gasteiger partial charge in [0.05, 0.1) is 13.2 Å². The van der Waals surface area contributed by atoms with E-state index < -0.39 is 5.79 Å². The minimum Gasteiger partial charge on any atom is -0.348 e. The molecule has 0 aromatic carbocycles. The molecule has 2 aliphatic rings. The van der Waals surface area contributed by atoms with Crippen LogP contribution in [-0.4, -0.2) is 24.8 Å². The van der Waals surface area contributed by atoms with Gasteiger partial charge in [-0.1, -0.05) is 26.2 Å². The highest BCUT2D eigenvalue weighted by Gasteiger charge is 2.41. The molecule has 3 heteroatoms. The summed E-state index contributed by atoms with van der Waals surface area (Å²) in [7, 11) is 0. The van der Waals surface area contributed by atoms with Gasteiger partial charge in [-0.3, -0.25) is 4.79 Å². The third-order valence-corrected chi connectivity index (χ3v) is 4.39. The van der Waals surface area contributed by atoms with Crippen LogP contribution in [0.4, 0.5) is 0 Å². The largest absolute Gasteiger partial charge is 0.348 e. The molecule has 0 bridgehead atoms. The van der Waals surface area contributed by atoms with Crippen LogP contribution in [0.25, 0.3) is 0 Å². The Balaban J connectivity index is 1.87. The van der Waals surface area contributed by atoms with Gasteiger partial charge >= 0.3 is 0 Å². The minimum atomic E-state index is -0.432. The van der Waals surface area contributed by atoms with Crippen molar-refractivity contribution >= 4 is 5.78 Å². The maximum atomic E-state index is 12.0. The molecule has 0 aromatic heterocycles. The molecule has 18 heavy (non-hydrogen) atoms. The lowest BCUT2D eigenvalue weighted by molar-refractivity contribution is -0.157. The standard InChI is InChI=1S/C15H26O3/c1-3-4-5-6-13-12(7-8-14(13)16)11-15(2)17-9-10-18-15/h12-13H,3-11H2,1-2H3/t12-,13?/m1/s1. The van der Waals surface area contributed by atoms with Crippen molar-refractivity contribution in [1.82, 2.24) is 0 Å². The minimum absolute atomic E-state index is 0.265. The Morgan fingerprint density at radius 3 is 2.67 bits per heavy atom. The molecule has 1 unspecified atom stereocenters. The van der Waals surface area contributed by atoms with E-state index in [0.717, 1.165) is 25.7 Å². The van der Waals surface area contributed by atoms with E-state index in [1.54, 1.807) is 0 Å². The summed E-state index contributed by atoms with van der Waals surface area (Å²) >= 11 is 0. The van der Waals surface area contributed by atoms with Crippen LogP contribution in [0, 0.1) is 11.8 Å². The molecule has 3 nitrogen and oxygen atoms in total. The highest BCUT2D eigenvalue weighted by atomic mass is 16.7. The summed E-state index contributed by atoms with van der Waals surface area (Å²) in [4.78, 5) is 12.0. The van der Waals surface area contributed by atoms with Gasteiger partial charge in [0.15, 0.2) is 5.79 Å². The zero-order valence-corrected chi connectivity index (χ0v) is 11.7. The summed E-state index contributed by atoms with van der Waals surface area (Å²) in [5, 5.41) is 0. The lowest BCUT2D eigenvalue weighted by Gasteiger charge is -2.28. The average molecular weight is 254 g/mol. The number of ketones is 1. The molecule has 1 saturated heterocycles. The van der Waals surface area contributed by atoms with Gasteiger partial charge in [-0.05, 0) is 25.7 Å². The summed E-state index contributed by atoms with van der Waals surface area (Å²) in [6.45, 7) is 5.61. The summed E-state index contributed by atoms with van der Waals surface area (Å²) in [6, 6.07) is 0. The average Bonchev–Trinajstić information content (AvgIpc) is 2.90. The maximum Gasteiger partial charge on any atom is 0.166 e. The molecular weight excluding hydrogens is 228 g/mol. The van der Waals surface area contributed by atoms with E-state index in [4.69, 9.17) is 9.47 Å². The fraction of sp³-hybridized carbons (Fsp3) is 0.933. The molecule has 2 fully saturated rings. The molecule has 1 aliphatic carbocycles. The Hall–Kier alpha value is -0.410. The lowest BCUT2D eigenvalue weighted by atomic mass is 9.85. The van der Waals surface area contributed by atoms with Gasteiger partial charge in [0.1, 0.15) is 5.78 Å². The Labute approximate surface area is 110 Å². The molecule has 2 rings (SSSR count). The molecule has 0 aromatic rings. The summed E-state index contributed by atoms with van der Waals surface area (Å²) in [5.41, 5.74) is 0. The summed E-state index contributed by atoms with van der Waals surface area (Å²) in [5.74, 6) is 0.773. The topological polar surface area (TPSA) is 35.5 Å². The van der Waals surface area contributed by atoms with E-state index in [0.29, 0.717) is 24.9 Å². The molecule has 1 aliphatic heterocycles. The van der Waals surface area contributed by atoms with Crippen molar-refractivity contribution < 1.29 is 14.3 Å². The first-order valence-electron chi connectivity index (χ1n) is 7.45. The third-order valence-electron chi connectivity index (χ3n) is 4.39. The first kappa shape index (κ1) is 14.0. The molecule has 0 radical (unpaired) electrons. The number of carbonyl (C=O) groups is 1. The van der Waals surface area contributed by atoms with Crippen molar-refractivity contribution in [3.63, 3.8) is 0 Å². The molecule has 104 valence electrons. The van der Waals surface area contributed by atoms with Gasteiger partial charge in [-0.25, -0.2) is 0 Å². The zero-order chi connectivity index (χ0) is 13.0. The molecule has 1 heterocycles. The van der Waals surface area contributed by atoms with Gasteiger partial charge in [0, 0.05) is 18.8 Å². The van der Waals surface area contributed by atoms with E-state index in [-0.39, 0.29) is 5.92 Å². The second kappa shape index (κ2) is 6.16. The zero-order valence-electron chi connectivity index (χ0n) is 11.7. The lowest BCUT2D eigenvalue weighted by Crippen LogP contribution is -2.31. The molecule has 2 atom stereocenters. The van der Waals surface area contributed by atoms with E-state index in [1.807, 2.05) is 6.92 Å². The van der Waals surface area contributed by atoms with Crippen LogP contribution in [0.1, 0.15) is 58.8 Å². The second-order valence-electron chi connectivity index (χ2n) is 5.90. The van der Waals surface area contributed by atoms with Crippen LogP contribution in [0.2, 0.25) is 0 Å². The predicted molar refractivity (Wildman–Crippen MR) is 70.3 cm³/mol. The quantitative estimate of drug-likeness (QED) is 0.682. The number of carbonyl (C=O) groups excluding carboxylic acids is 1. The highest BCUT2D eigenvalue weighted by Crippen LogP contribution is 2.40. The van der Waals surface area contributed by atoms with Crippen molar-refractivity contribution in [2.45, 2.75) is 64.6 Å². The number of hydrogen-bond donors (Lipinski definition) is 0. The van der Waals surface area contributed by atoms with Crippen LogP contribution in [0.5, 0.6) is 0 Å². The monoisotopic (exact) mass is 254 g/mol. The second-order valence-corrected chi connectivity index (χ2v) is 5.90. The van der Waals surface area contributed by atoms with Crippen LogP contribution in [0.3, 0.4) is 0 Å². The summed E-state index contributed by atoms with van der Waals surface area (Å²) in [6.07, 6.45) is 7.37. The number of hydrogen-bond acceptors (Lipinski definition) is 3. The SMILES string of the molecule is CCCCCC1C(=O)CC[C@@H]1CC1(C)OCCO1. The van der Waals surface area contributed by atoms with Gasteiger partial charge < -0.3 is 9.47 Å². The number of Topliss-reactive ketones (excluding diaryl/α,β-unsaturated/α-hetero) is 1. The normalized spacial score (nSPS) is 31.1. The molecule has 1 saturated carbocycles. The molecule has 0 N–H and O–H groups in total. The Morgan fingerprint density at radius 1 is 1.28 bits per heavy atom. The number of ether oxygens (including phenoxy) is 2. The first-order valence-corrected chi connectivity index (χ1v) is 7.45. The van der Waals surface area contributed by atoms with Crippen LogP contribution >= 0.6 is 0 Å². The van der Waals surface area contributed by atoms with E-state index in [9.17, 15) is 4.79 Å². The van der Waals surface area contributed by atoms with Crippen molar-refractivity contribution in [1.29, 1.82) is 0 Å². The van der Waals surface area contributed by atoms with Gasteiger partial charge in [-0.2, -0.15) is 0 Å². The first-order chi connectivity index (χ1) is 8.64. The van der Waals surface area contributed by atoms with Crippen molar-refractivity contribution in [3.05, 3.63) is 0 Å². The Bertz CT molecular complexity index is 281. The predicted octanol–water partition coefficient (Wildman–Crippen LogP) is 3.32. The van der Waals surface area contributed by atoms with E-state index in [1.165, 1.54) is 19.3 Å². The van der Waals surface area contributed by atoms with Gasteiger partial charge in [0.2, 0.25) is 0 Å². The van der Waals surface area contributed by atoms with Crippen LogP contribution < -0.4 is 0 Å². The number of unbranched alkanes of at least 4 members (excludes halogenated alkanes) is 2. The van der Waals surface area contributed by atoms with Crippen molar-refractivity contribution in [2.24, 2.45) is 11.8 Å². The smallest absolute Gasteiger partial charge is 0.166 e. The molecule has 0 spiro atoms. The molecular formula is C15H26O3.